The molecule has 1 aliphatic rings. The predicted molar refractivity (Wildman–Crippen MR) is 74.3 cm³/mol. The number of rotatable bonds is 4. The third-order valence-corrected chi connectivity index (χ3v) is 3.92. The summed E-state index contributed by atoms with van der Waals surface area (Å²) in [6.45, 7) is 2.16. The first kappa shape index (κ1) is 13.1. The van der Waals surface area contributed by atoms with Gasteiger partial charge in [0.15, 0.2) is 0 Å². The van der Waals surface area contributed by atoms with E-state index in [-0.39, 0.29) is 0 Å². The van der Waals surface area contributed by atoms with Gasteiger partial charge in [0.1, 0.15) is 0 Å². The summed E-state index contributed by atoms with van der Waals surface area (Å²) in [5.74, 6) is 0. The number of likely N-dealkylation sites (N-methyl/N-ethyl adjacent to an activating group) is 1. The number of nitrogens with one attached hydrogen (secondary N) is 1. The lowest BCUT2D eigenvalue weighted by atomic mass is 9.99. The Hall–Kier alpha value is -0.380. The highest BCUT2D eigenvalue weighted by atomic mass is 79.9. The molecule has 1 N–H and O–H groups in total. The van der Waals surface area contributed by atoms with E-state index in [1.807, 2.05) is 7.05 Å². The quantitative estimate of drug-likeness (QED) is 0.922. The van der Waals surface area contributed by atoms with Gasteiger partial charge in [0.2, 0.25) is 0 Å². The van der Waals surface area contributed by atoms with Crippen LogP contribution in [0.15, 0.2) is 28.7 Å². The number of ether oxygens (including phenoxy) is 1. The highest BCUT2D eigenvalue weighted by molar-refractivity contribution is 9.10. The van der Waals surface area contributed by atoms with E-state index in [2.05, 4.69) is 52.4 Å². The van der Waals surface area contributed by atoms with Crippen molar-refractivity contribution in [1.82, 2.24) is 5.32 Å². The molecule has 0 radical (unpaired) electrons. The Balaban J connectivity index is 2.00. The zero-order valence-corrected chi connectivity index (χ0v) is 12.0. The normalized spacial score (nSPS) is 26.1. The van der Waals surface area contributed by atoms with Crippen molar-refractivity contribution in [3.63, 3.8) is 0 Å². The number of hydrogen-bond acceptors (Lipinski definition) is 2. The SMILES string of the molecule is CNC(Cc1cccc(Br)c1)C1CCC(C)O1. The van der Waals surface area contributed by atoms with E-state index in [4.69, 9.17) is 4.74 Å². The van der Waals surface area contributed by atoms with Crippen molar-refractivity contribution in [2.24, 2.45) is 0 Å². The summed E-state index contributed by atoms with van der Waals surface area (Å²) in [6.07, 6.45) is 4.14. The average Bonchev–Trinajstić information content (AvgIpc) is 2.73. The second-order valence-electron chi connectivity index (χ2n) is 4.79. The first-order valence-corrected chi connectivity index (χ1v) is 7.05. The molecule has 94 valence electrons. The van der Waals surface area contributed by atoms with Crippen molar-refractivity contribution in [2.45, 2.75) is 44.4 Å². The fourth-order valence-corrected chi connectivity index (χ4v) is 2.91. The van der Waals surface area contributed by atoms with Crippen molar-refractivity contribution in [2.75, 3.05) is 7.05 Å². The van der Waals surface area contributed by atoms with Crippen LogP contribution in [0.25, 0.3) is 0 Å². The summed E-state index contributed by atoms with van der Waals surface area (Å²) in [5.41, 5.74) is 1.35. The van der Waals surface area contributed by atoms with Crippen LogP contribution in [0.5, 0.6) is 0 Å². The van der Waals surface area contributed by atoms with Crippen LogP contribution >= 0.6 is 15.9 Å². The van der Waals surface area contributed by atoms with Gasteiger partial charge >= 0.3 is 0 Å². The van der Waals surface area contributed by atoms with Gasteiger partial charge in [-0.15, -0.1) is 0 Å². The maximum absolute atomic E-state index is 5.94. The Kier molecular flexibility index (Phi) is 4.60. The summed E-state index contributed by atoms with van der Waals surface area (Å²) in [5, 5.41) is 3.39. The van der Waals surface area contributed by atoms with E-state index in [1.54, 1.807) is 0 Å². The van der Waals surface area contributed by atoms with Crippen LogP contribution in [0.4, 0.5) is 0 Å². The molecule has 3 unspecified atom stereocenters. The summed E-state index contributed by atoms with van der Waals surface area (Å²) >= 11 is 3.52. The summed E-state index contributed by atoms with van der Waals surface area (Å²) in [4.78, 5) is 0. The molecule has 2 nitrogen and oxygen atoms in total. The maximum atomic E-state index is 5.94. The first-order chi connectivity index (χ1) is 8.19. The third kappa shape index (κ3) is 3.54. The monoisotopic (exact) mass is 297 g/mol. The molecular weight excluding hydrogens is 278 g/mol. The molecule has 1 aliphatic heterocycles. The summed E-state index contributed by atoms with van der Waals surface area (Å²) in [7, 11) is 2.02. The van der Waals surface area contributed by atoms with Crippen molar-refractivity contribution in [3.8, 4) is 0 Å². The van der Waals surface area contributed by atoms with Crippen molar-refractivity contribution < 1.29 is 4.74 Å². The van der Waals surface area contributed by atoms with Crippen LogP contribution in [0.2, 0.25) is 0 Å². The second kappa shape index (κ2) is 5.98. The van der Waals surface area contributed by atoms with Gasteiger partial charge < -0.3 is 10.1 Å². The van der Waals surface area contributed by atoms with Gasteiger partial charge in [-0.2, -0.15) is 0 Å². The first-order valence-electron chi connectivity index (χ1n) is 6.26. The minimum Gasteiger partial charge on any atom is -0.374 e. The molecule has 2 rings (SSSR count). The zero-order valence-electron chi connectivity index (χ0n) is 10.4. The van der Waals surface area contributed by atoms with E-state index >= 15 is 0 Å². The summed E-state index contributed by atoms with van der Waals surface area (Å²) in [6, 6.07) is 8.92. The molecule has 17 heavy (non-hydrogen) atoms. The lowest BCUT2D eigenvalue weighted by molar-refractivity contribution is 0.0337. The Morgan fingerprint density at radius 1 is 1.47 bits per heavy atom. The Labute approximate surface area is 112 Å². The van der Waals surface area contributed by atoms with E-state index < -0.39 is 0 Å². The molecule has 1 heterocycles. The lowest BCUT2D eigenvalue weighted by Gasteiger charge is -2.23. The molecule has 0 bridgehead atoms. The predicted octanol–water partition coefficient (Wildman–Crippen LogP) is 3.15. The highest BCUT2D eigenvalue weighted by Gasteiger charge is 2.28. The van der Waals surface area contributed by atoms with Crippen LogP contribution in [-0.4, -0.2) is 25.3 Å². The van der Waals surface area contributed by atoms with Gasteiger partial charge in [0.25, 0.3) is 0 Å². The van der Waals surface area contributed by atoms with E-state index in [0.29, 0.717) is 18.2 Å². The Bertz CT molecular complexity index is 369. The van der Waals surface area contributed by atoms with Crippen molar-refractivity contribution in [1.29, 1.82) is 0 Å². The maximum Gasteiger partial charge on any atom is 0.0735 e. The number of halogens is 1. The summed E-state index contributed by atoms with van der Waals surface area (Å²) < 4.78 is 7.09. The van der Waals surface area contributed by atoms with Crippen LogP contribution in [-0.2, 0) is 11.2 Å². The molecule has 1 aromatic carbocycles. The molecular formula is C14H20BrNO. The molecule has 0 saturated carbocycles. The molecule has 0 aliphatic carbocycles. The number of benzene rings is 1. The lowest BCUT2D eigenvalue weighted by Crippen LogP contribution is -2.39. The van der Waals surface area contributed by atoms with Gasteiger partial charge in [-0.1, -0.05) is 28.1 Å². The van der Waals surface area contributed by atoms with Gasteiger partial charge in [-0.05, 0) is 50.9 Å². The van der Waals surface area contributed by atoms with E-state index in [9.17, 15) is 0 Å². The number of hydrogen-bond donors (Lipinski definition) is 1. The highest BCUT2D eigenvalue weighted by Crippen LogP contribution is 2.24. The third-order valence-electron chi connectivity index (χ3n) is 3.43. The molecule has 3 atom stereocenters. The van der Waals surface area contributed by atoms with E-state index in [1.165, 1.54) is 18.4 Å². The van der Waals surface area contributed by atoms with Crippen molar-refractivity contribution >= 4 is 15.9 Å². The van der Waals surface area contributed by atoms with Crippen LogP contribution in [0, 0.1) is 0 Å². The standard InChI is InChI=1S/C14H20BrNO/c1-10-6-7-14(17-10)13(16-2)9-11-4-3-5-12(15)8-11/h3-5,8,10,13-14,16H,6-7,9H2,1-2H3. The van der Waals surface area contributed by atoms with Gasteiger partial charge in [-0.25, -0.2) is 0 Å². The van der Waals surface area contributed by atoms with Gasteiger partial charge in [0.05, 0.1) is 12.2 Å². The topological polar surface area (TPSA) is 21.3 Å². The Morgan fingerprint density at radius 3 is 2.88 bits per heavy atom. The molecule has 1 aromatic rings. The average molecular weight is 298 g/mol. The molecule has 1 fully saturated rings. The Morgan fingerprint density at radius 2 is 2.29 bits per heavy atom. The van der Waals surface area contributed by atoms with Crippen molar-refractivity contribution in [3.05, 3.63) is 34.3 Å². The molecule has 3 heteroatoms. The molecule has 0 amide bonds. The molecule has 0 aromatic heterocycles. The van der Waals surface area contributed by atoms with Crippen LogP contribution < -0.4 is 5.32 Å². The fourth-order valence-electron chi connectivity index (χ4n) is 2.47. The largest absolute Gasteiger partial charge is 0.374 e. The fraction of sp³-hybridized carbons (Fsp3) is 0.571. The molecule has 0 spiro atoms. The van der Waals surface area contributed by atoms with Gasteiger partial charge in [-0.3, -0.25) is 0 Å². The van der Waals surface area contributed by atoms with Crippen LogP contribution in [0.3, 0.4) is 0 Å². The van der Waals surface area contributed by atoms with Crippen LogP contribution in [0.1, 0.15) is 25.3 Å². The van der Waals surface area contributed by atoms with E-state index in [0.717, 1.165) is 10.9 Å². The zero-order chi connectivity index (χ0) is 12.3. The molecule has 1 saturated heterocycles. The smallest absolute Gasteiger partial charge is 0.0735 e. The minimum atomic E-state index is 0.356. The minimum absolute atomic E-state index is 0.356. The second-order valence-corrected chi connectivity index (χ2v) is 5.71. The van der Waals surface area contributed by atoms with Gasteiger partial charge in [0, 0.05) is 10.5 Å².